The summed E-state index contributed by atoms with van der Waals surface area (Å²) in [5.41, 5.74) is 0. The van der Waals surface area contributed by atoms with Gasteiger partial charge in [0.1, 0.15) is 0 Å². The van der Waals surface area contributed by atoms with Crippen LogP contribution in [-0.2, 0) is 4.79 Å². The van der Waals surface area contributed by atoms with Gasteiger partial charge in [0.25, 0.3) is 0 Å². The maximum atomic E-state index is 11.2. The standard InChI is InChI=1S/C10H20N2O3/c1-4-7(2)5-11-10(15)12-6-8(3)9(13)14/h7-8H,4-6H2,1-3H3,(H,13,14)(H2,11,12,15). The molecule has 0 fully saturated rings. The summed E-state index contributed by atoms with van der Waals surface area (Å²) in [4.78, 5) is 21.6. The third-order valence-electron chi connectivity index (χ3n) is 2.30. The van der Waals surface area contributed by atoms with Crippen LogP contribution in [0.1, 0.15) is 27.2 Å². The van der Waals surface area contributed by atoms with Crippen LogP contribution < -0.4 is 10.6 Å². The fourth-order valence-electron chi connectivity index (χ4n) is 0.807. The number of hydrogen-bond donors (Lipinski definition) is 3. The van der Waals surface area contributed by atoms with Gasteiger partial charge >= 0.3 is 12.0 Å². The van der Waals surface area contributed by atoms with Crippen molar-refractivity contribution in [3.63, 3.8) is 0 Å². The molecule has 2 atom stereocenters. The average molecular weight is 216 g/mol. The Labute approximate surface area is 90.2 Å². The molecule has 88 valence electrons. The van der Waals surface area contributed by atoms with Crippen LogP contribution in [-0.4, -0.2) is 30.2 Å². The van der Waals surface area contributed by atoms with Gasteiger partial charge in [0.05, 0.1) is 5.92 Å². The smallest absolute Gasteiger partial charge is 0.314 e. The molecule has 0 spiro atoms. The number of urea groups is 1. The van der Waals surface area contributed by atoms with Gasteiger partial charge < -0.3 is 15.7 Å². The van der Waals surface area contributed by atoms with Crippen molar-refractivity contribution < 1.29 is 14.7 Å². The largest absolute Gasteiger partial charge is 0.481 e. The number of carboxylic acid groups (broad SMARTS) is 1. The fourth-order valence-corrected chi connectivity index (χ4v) is 0.807. The maximum absolute atomic E-state index is 11.2. The first-order valence-electron chi connectivity index (χ1n) is 5.21. The normalized spacial score (nSPS) is 14.1. The zero-order valence-electron chi connectivity index (χ0n) is 9.54. The third kappa shape index (κ3) is 6.76. The number of carbonyl (C=O) groups is 2. The molecule has 2 amide bonds. The minimum absolute atomic E-state index is 0.154. The molecule has 0 aliphatic carbocycles. The lowest BCUT2D eigenvalue weighted by molar-refractivity contribution is -0.140. The van der Waals surface area contributed by atoms with Gasteiger partial charge in [0.15, 0.2) is 0 Å². The van der Waals surface area contributed by atoms with Crippen molar-refractivity contribution in [3.8, 4) is 0 Å². The Kier molecular flexibility index (Phi) is 6.49. The molecule has 0 aliphatic heterocycles. The first-order chi connectivity index (χ1) is 6.97. The van der Waals surface area contributed by atoms with Crippen LogP contribution in [0.15, 0.2) is 0 Å². The first kappa shape index (κ1) is 13.7. The summed E-state index contributed by atoms with van der Waals surface area (Å²) in [6.45, 7) is 6.42. The number of amides is 2. The Morgan fingerprint density at radius 2 is 1.73 bits per heavy atom. The quantitative estimate of drug-likeness (QED) is 0.621. The lowest BCUT2D eigenvalue weighted by Gasteiger charge is -2.12. The van der Waals surface area contributed by atoms with Crippen LogP contribution in [0.3, 0.4) is 0 Å². The van der Waals surface area contributed by atoms with Gasteiger partial charge in [-0.3, -0.25) is 4.79 Å². The summed E-state index contributed by atoms with van der Waals surface area (Å²) in [6, 6.07) is -0.302. The van der Waals surface area contributed by atoms with Crippen molar-refractivity contribution in [1.29, 1.82) is 0 Å². The zero-order valence-corrected chi connectivity index (χ0v) is 9.54. The summed E-state index contributed by atoms with van der Waals surface area (Å²) < 4.78 is 0. The van der Waals surface area contributed by atoms with Crippen LogP contribution >= 0.6 is 0 Å². The molecule has 3 N–H and O–H groups in total. The average Bonchev–Trinajstić information content (AvgIpc) is 2.21. The minimum Gasteiger partial charge on any atom is -0.481 e. The number of carbonyl (C=O) groups excluding carboxylic acids is 1. The Morgan fingerprint density at radius 3 is 2.20 bits per heavy atom. The van der Waals surface area contributed by atoms with Gasteiger partial charge in [-0.25, -0.2) is 4.79 Å². The molecule has 0 aromatic heterocycles. The fraction of sp³-hybridized carbons (Fsp3) is 0.800. The second-order valence-corrected chi connectivity index (χ2v) is 3.84. The summed E-state index contributed by atoms with van der Waals surface area (Å²) in [7, 11) is 0. The molecule has 2 unspecified atom stereocenters. The van der Waals surface area contributed by atoms with Crippen LogP contribution in [0, 0.1) is 11.8 Å². The Hall–Kier alpha value is -1.26. The molecule has 15 heavy (non-hydrogen) atoms. The topological polar surface area (TPSA) is 78.4 Å². The van der Waals surface area contributed by atoms with Crippen LogP contribution in [0.5, 0.6) is 0 Å². The van der Waals surface area contributed by atoms with E-state index in [-0.39, 0.29) is 12.6 Å². The molecule has 0 aromatic carbocycles. The number of carboxylic acids is 1. The second kappa shape index (κ2) is 7.09. The van der Waals surface area contributed by atoms with Gasteiger partial charge in [-0.1, -0.05) is 27.2 Å². The highest BCUT2D eigenvalue weighted by molar-refractivity contribution is 5.75. The summed E-state index contributed by atoms with van der Waals surface area (Å²) in [6.07, 6.45) is 1.01. The van der Waals surface area contributed by atoms with Crippen molar-refractivity contribution in [2.75, 3.05) is 13.1 Å². The van der Waals surface area contributed by atoms with Gasteiger partial charge in [-0.2, -0.15) is 0 Å². The molecule has 0 saturated carbocycles. The van der Waals surface area contributed by atoms with Gasteiger partial charge in [0, 0.05) is 13.1 Å². The van der Waals surface area contributed by atoms with Crippen LogP contribution in [0.25, 0.3) is 0 Å². The van der Waals surface area contributed by atoms with E-state index in [0.717, 1.165) is 6.42 Å². The van der Waals surface area contributed by atoms with Crippen molar-refractivity contribution >= 4 is 12.0 Å². The first-order valence-corrected chi connectivity index (χ1v) is 5.21. The van der Waals surface area contributed by atoms with E-state index in [2.05, 4.69) is 17.6 Å². The maximum Gasteiger partial charge on any atom is 0.314 e. The lowest BCUT2D eigenvalue weighted by Crippen LogP contribution is -2.40. The monoisotopic (exact) mass is 216 g/mol. The van der Waals surface area contributed by atoms with E-state index in [1.807, 2.05) is 6.92 Å². The Morgan fingerprint density at radius 1 is 1.20 bits per heavy atom. The van der Waals surface area contributed by atoms with E-state index in [9.17, 15) is 9.59 Å². The predicted molar refractivity (Wildman–Crippen MR) is 57.7 cm³/mol. The number of rotatable bonds is 6. The van der Waals surface area contributed by atoms with Gasteiger partial charge in [0.2, 0.25) is 0 Å². The van der Waals surface area contributed by atoms with Crippen molar-refractivity contribution in [1.82, 2.24) is 10.6 Å². The SMILES string of the molecule is CCC(C)CNC(=O)NCC(C)C(=O)O. The van der Waals surface area contributed by atoms with Gasteiger partial charge in [-0.05, 0) is 5.92 Å². The highest BCUT2D eigenvalue weighted by Gasteiger charge is 2.11. The van der Waals surface area contributed by atoms with E-state index in [0.29, 0.717) is 12.5 Å². The van der Waals surface area contributed by atoms with E-state index < -0.39 is 11.9 Å². The van der Waals surface area contributed by atoms with E-state index in [1.165, 1.54) is 0 Å². The highest BCUT2D eigenvalue weighted by atomic mass is 16.4. The molecular weight excluding hydrogens is 196 g/mol. The number of hydrogen-bond acceptors (Lipinski definition) is 2. The van der Waals surface area contributed by atoms with E-state index in [4.69, 9.17) is 5.11 Å². The molecule has 0 heterocycles. The lowest BCUT2D eigenvalue weighted by atomic mass is 10.1. The van der Waals surface area contributed by atoms with Crippen LogP contribution in [0.2, 0.25) is 0 Å². The predicted octanol–water partition coefficient (Wildman–Crippen LogP) is 1.05. The second-order valence-electron chi connectivity index (χ2n) is 3.84. The molecule has 0 aromatic rings. The number of nitrogens with one attached hydrogen (secondary N) is 2. The van der Waals surface area contributed by atoms with Crippen molar-refractivity contribution in [2.24, 2.45) is 11.8 Å². The summed E-state index contributed by atoms with van der Waals surface area (Å²) in [5.74, 6) is -1.02. The molecular formula is C10H20N2O3. The van der Waals surface area contributed by atoms with E-state index >= 15 is 0 Å². The molecule has 0 radical (unpaired) electrons. The summed E-state index contributed by atoms with van der Waals surface area (Å²) >= 11 is 0. The van der Waals surface area contributed by atoms with Gasteiger partial charge in [-0.15, -0.1) is 0 Å². The van der Waals surface area contributed by atoms with Crippen molar-refractivity contribution in [2.45, 2.75) is 27.2 Å². The molecule has 5 heteroatoms. The highest BCUT2D eigenvalue weighted by Crippen LogP contribution is 1.97. The molecule has 0 rings (SSSR count). The third-order valence-corrected chi connectivity index (χ3v) is 2.30. The van der Waals surface area contributed by atoms with Crippen molar-refractivity contribution in [3.05, 3.63) is 0 Å². The Bertz CT molecular complexity index is 219. The van der Waals surface area contributed by atoms with E-state index in [1.54, 1.807) is 6.92 Å². The summed E-state index contributed by atoms with van der Waals surface area (Å²) in [5, 5.41) is 13.8. The molecule has 0 bridgehead atoms. The minimum atomic E-state index is -0.905. The molecule has 0 aliphatic rings. The Balaban J connectivity index is 3.62. The van der Waals surface area contributed by atoms with Crippen LogP contribution in [0.4, 0.5) is 4.79 Å². The number of aliphatic carboxylic acids is 1. The zero-order chi connectivity index (χ0) is 11.8. The molecule has 0 saturated heterocycles. The molecule has 5 nitrogen and oxygen atoms in total.